The molecule has 0 bridgehead atoms. The molecule has 0 radical (unpaired) electrons. The van der Waals surface area contributed by atoms with Gasteiger partial charge >= 0.3 is 5.97 Å². The van der Waals surface area contributed by atoms with Crippen molar-refractivity contribution in [3.8, 4) is 6.07 Å². The number of carbonyl (C=O) groups excluding carboxylic acids is 1. The zero-order chi connectivity index (χ0) is 11.1. The molecule has 0 aliphatic rings. The largest absolute Gasteiger partial charge is 0.433 e. The molecule has 1 unspecified atom stereocenters. The first kappa shape index (κ1) is 12.4. The molecule has 1 N–H and O–H groups in total. The molecule has 0 aliphatic carbocycles. The fraction of sp³-hybridized carbons (Fsp3) is 0.400. The third kappa shape index (κ3) is 4.43. The van der Waals surface area contributed by atoms with E-state index >= 15 is 0 Å². The van der Waals surface area contributed by atoms with E-state index in [2.05, 4.69) is 11.3 Å². The Bertz CT molecular complexity index is 299. The van der Waals surface area contributed by atoms with Crippen LogP contribution in [0.5, 0.6) is 0 Å². The maximum absolute atomic E-state index is 11.2. The second-order valence-corrected chi connectivity index (χ2v) is 2.73. The quantitative estimate of drug-likeness (QED) is 0.241. The second-order valence-electron chi connectivity index (χ2n) is 2.73. The molecule has 14 heavy (non-hydrogen) atoms. The van der Waals surface area contributed by atoms with Crippen molar-refractivity contribution in [3.05, 3.63) is 23.8 Å². The van der Waals surface area contributed by atoms with Gasteiger partial charge in [-0.15, -0.1) is 0 Å². The average molecular weight is 195 g/mol. The van der Waals surface area contributed by atoms with Crippen LogP contribution in [0.4, 0.5) is 0 Å². The number of nitriles is 1. The molecule has 76 valence electrons. The summed E-state index contributed by atoms with van der Waals surface area (Å²) in [6.45, 7) is 6.57. The van der Waals surface area contributed by atoms with E-state index in [9.17, 15) is 4.79 Å². The molecule has 4 heteroatoms. The van der Waals surface area contributed by atoms with E-state index in [0.717, 1.165) is 0 Å². The van der Waals surface area contributed by atoms with Gasteiger partial charge in [0.05, 0.1) is 6.07 Å². The molecule has 0 fully saturated rings. The van der Waals surface area contributed by atoms with Crippen molar-refractivity contribution in [2.24, 2.45) is 0 Å². The Morgan fingerprint density at radius 1 is 1.79 bits per heavy atom. The monoisotopic (exact) mass is 195 g/mol. The van der Waals surface area contributed by atoms with E-state index in [1.807, 2.05) is 0 Å². The lowest BCUT2D eigenvalue weighted by molar-refractivity contribution is -0.163. The van der Waals surface area contributed by atoms with Crippen molar-refractivity contribution in [2.45, 2.75) is 26.6 Å². The smallest absolute Gasteiger partial charge is 0.336 e. The third-order valence-corrected chi connectivity index (χ3v) is 1.45. The molecular formula is C10H13NO3. The van der Waals surface area contributed by atoms with E-state index in [4.69, 9.17) is 10.4 Å². The van der Waals surface area contributed by atoms with Gasteiger partial charge in [-0.1, -0.05) is 13.5 Å². The molecular weight excluding hydrogens is 182 g/mol. The van der Waals surface area contributed by atoms with Crippen LogP contribution in [0.15, 0.2) is 23.8 Å². The number of nitrogens with zero attached hydrogens (tertiary/aromatic N) is 1. The van der Waals surface area contributed by atoms with Gasteiger partial charge in [0, 0.05) is 17.6 Å². The van der Waals surface area contributed by atoms with E-state index in [0.29, 0.717) is 6.42 Å². The summed E-state index contributed by atoms with van der Waals surface area (Å²) < 4.78 is 4.60. The summed E-state index contributed by atoms with van der Waals surface area (Å²) in [7, 11) is 0. The fourth-order valence-electron chi connectivity index (χ4n) is 0.652. The maximum atomic E-state index is 11.2. The summed E-state index contributed by atoms with van der Waals surface area (Å²) in [5.41, 5.74) is 0.412. The lowest BCUT2D eigenvalue weighted by Gasteiger charge is -2.09. The third-order valence-electron chi connectivity index (χ3n) is 1.45. The van der Waals surface area contributed by atoms with E-state index in [-0.39, 0.29) is 11.1 Å². The Morgan fingerprint density at radius 2 is 2.36 bits per heavy atom. The Morgan fingerprint density at radius 3 is 2.79 bits per heavy atom. The number of esters is 1. The van der Waals surface area contributed by atoms with Crippen molar-refractivity contribution in [3.63, 3.8) is 0 Å². The fourth-order valence-corrected chi connectivity index (χ4v) is 0.652. The Kier molecular flexibility index (Phi) is 5.27. The normalized spacial score (nSPS) is 12.9. The van der Waals surface area contributed by atoms with Crippen LogP contribution in [-0.2, 0) is 9.53 Å². The van der Waals surface area contributed by atoms with Gasteiger partial charge in [0.25, 0.3) is 0 Å². The van der Waals surface area contributed by atoms with E-state index in [1.54, 1.807) is 13.0 Å². The summed E-state index contributed by atoms with van der Waals surface area (Å²) in [5.74, 6) is -0.643. The number of aliphatic hydroxyl groups excluding tert-OH is 1. The van der Waals surface area contributed by atoms with Crippen LogP contribution >= 0.6 is 0 Å². The Labute approximate surface area is 83.1 Å². The Hall–Kier alpha value is -1.60. The zero-order valence-electron chi connectivity index (χ0n) is 8.28. The molecule has 0 spiro atoms. The van der Waals surface area contributed by atoms with Gasteiger partial charge in [-0.3, -0.25) is 0 Å². The molecule has 0 amide bonds. The highest BCUT2D eigenvalue weighted by Crippen LogP contribution is 2.04. The number of rotatable bonds is 4. The minimum atomic E-state index is -1.10. The molecule has 4 nitrogen and oxygen atoms in total. The van der Waals surface area contributed by atoms with Crippen LogP contribution in [0.25, 0.3) is 0 Å². The summed E-state index contributed by atoms with van der Waals surface area (Å²) in [6.07, 6.45) is 0.546. The van der Waals surface area contributed by atoms with Gasteiger partial charge in [0.1, 0.15) is 0 Å². The summed E-state index contributed by atoms with van der Waals surface area (Å²) in [6, 6.07) is 1.78. The predicted octanol–water partition coefficient (Wildman–Crippen LogP) is 1.28. The number of ether oxygens (including phenoxy) is 1. The van der Waals surface area contributed by atoms with Gasteiger partial charge in [0.15, 0.2) is 0 Å². The van der Waals surface area contributed by atoms with Crippen molar-refractivity contribution in [1.29, 1.82) is 5.26 Å². The van der Waals surface area contributed by atoms with Crippen LogP contribution < -0.4 is 0 Å². The van der Waals surface area contributed by atoms with Crippen molar-refractivity contribution in [1.82, 2.24) is 0 Å². The van der Waals surface area contributed by atoms with Crippen LogP contribution in [0, 0.1) is 11.3 Å². The molecule has 0 rings (SSSR count). The SMILES string of the molecule is C=C(C#N)/C=C(\C)C(=O)OC(O)CC. The number of hydrogen-bond donors (Lipinski definition) is 1. The topological polar surface area (TPSA) is 70.3 Å². The lowest BCUT2D eigenvalue weighted by atomic mass is 10.2. The number of allylic oxidation sites excluding steroid dienone is 2. The molecule has 0 aromatic rings. The van der Waals surface area contributed by atoms with Crippen molar-refractivity contribution < 1.29 is 14.6 Å². The molecule has 0 saturated carbocycles. The number of hydrogen-bond acceptors (Lipinski definition) is 4. The first-order chi connectivity index (χ1) is 6.51. The first-order valence-corrected chi connectivity index (χ1v) is 4.17. The van der Waals surface area contributed by atoms with Crippen molar-refractivity contribution >= 4 is 5.97 Å². The maximum Gasteiger partial charge on any atom is 0.336 e. The highest BCUT2D eigenvalue weighted by Gasteiger charge is 2.10. The summed E-state index contributed by atoms with van der Waals surface area (Å²) in [4.78, 5) is 11.2. The average Bonchev–Trinajstić information content (AvgIpc) is 2.17. The van der Waals surface area contributed by atoms with Crippen molar-refractivity contribution in [2.75, 3.05) is 0 Å². The van der Waals surface area contributed by atoms with Crippen LogP contribution in [-0.4, -0.2) is 17.4 Å². The van der Waals surface area contributed by atoms with E-state index in [1.165, 1.54) is 13.0 Å². The molecule has 0 aromatic carbocycles. The van der Waals surface area contributed by atoms with Gasteiger partial charge in [-0.05, 0) is 13.0 Å². The summed E-state index contributed by atoms with van der Waals surface area (Å²) in [5, 5.41) is 17.4. The molecule has 0 aliphatic heterocycles. The molecule has 0 heterocycles. The highest BCUT2D eigenvalue weighted by atomic mass is 16.6. The predicted molar refractivity (Wildman–Crippen MR) is 50.9 cm³/mol. The van der Waals surface area contributed by atoms with Gasteiger partial charge in [-0.2, -0.15) is 5.26 Å². The highest BCUT2D eigenvalue weighted by molar-refractivity contribution is 5.88. The zero-order valence-corrected chi connectivity index (χ0v) is 8.28. The minimum Gasteiger partial charge on any atom is -0.433 e. The van der Waals surface area contributed by atoms with E-state index < -0.39 is 12.3 Å². The van der Waals surface area contributed by atoms with Crippen LogP contribution in [0.3, 0.4) is 0 Å². The van der Waals surface area contributed by atoms with Gasteiger partial charge in [0.2, 0.25) is 6.29 Å². The molecule has 0 saturated heterocycles. The molecule has 1 atom stereocenters. The standard InChI is InChI=1S/C10H13NO3/c1-4-9(12)14-10(13)8(3)5-7(2)6-11/h5,9,12H,2,4H2,1,3H3/b8-5+. The first-order valence-electron chi connectivity index (χ1n) is 4.17. The second kappa shape index (κ2) is 5.95. The van der Waals surface area contributed by atoms with Gasteiger partial charge in [-0.25, -0.2) is 4.79 Å². The number of carbonyl (C=O) groups is 1. The lowest BCUT2D eigenvalue weighted by Crippen LogP contribution is -2.17. The van der Waals surface area contributed by atoms with Crippen LogP contribution in [0.1, 0.15) is 20.3 Å². The Balaban J connectivity index is 4.34. The van der Waals surface area contributed by atoms with Gasteiger partial charge < -0.3 is 9.84 Å². The minimum absolute atomic E-state index is 0.172. The summed E-state index contributed by atoms with van der Waals surface area (Å²) >= 11 is 0. The van der Waals surface area contributed by atoms with Crippen LogP contribution in [0.2, 0.25) is 0 Å². The number of aliphatic hydroxyl groups is 1. The molecule has 0 aromatic heterocycles.